The number of carbonyl (C=O) groups excluding carboxylic acids is 2. The second kappa shape index (κ2) is 7.65. The van der Waals surface area contributed by atoms with Crippen LogP contribution in [0.2, 0.25) is 0 Å². The van der Waals surface area contributed by atoms with E-state index < -0.39 is 23.6 Å². The second-order valence-corrected chi connectivity index (χ2v) is 5.62. The Balaban J connectivity index is 2.23. The van der Waals surface area contributed by atoms with Crippen molar-refractivity contribution in [1.82, 2.24) is 19.8 Å². The number of nitrogens with one attached hydrogen (secondary N) is 2. The minimum Gasteiger partial charge on any atom is -0.480 e. The van der Waals surface area contributed by atoms with Gasteiger partial charge in [0.1, 0.15) is 12.6 Å². The number of imidazole rings is 1. The van der Waals surface area contributed by atoms with Gasteiger partial charge in [-0.3, -0.25) is 14.2 Å². The largest absolute Gasteiger partial charge is 0.480 e. The summed E-state index contributed by atoms with van der Waals surface area (Å²) >= 11 is 0. The number of hydrogen-bond donors (Lipinski definition) is 3. The monoisotopic (exact) mass is 348 g/mol. The first-order chi connectivity index (χ1) is 11.8. The third kappa shape index (κ3) is 4.25. The average Bonchev–Trinajstić information content (AvgIpc) is 2.86. The zero-order chi connectivity index (χ0) is 18.6. The highest BCUT2D eigenvalue weighted by Gasteiger charge is 2.26. The highest BCUT2D eigenvalue weighted by Crippen LogP contribution is 2.10. The van der Waals surface area contributed by atoms with E-state index in [4.69, 9.17) is 0 Å². The van der Waals surface area contributed by atoms with Crippen LogP contribution in [0.4, 0.5) is 0 Å². The zero-order valence-electron chi connectivity index (χ0n) is 14.0. The molecule has 2 aromatic rings. The smallest absolute Gasteiger partial charge is 0.326 e. The lowest BCUT2D eigenvalue weighted by Gasteiger charge is -2.26. The van der Waals surface area contributed by atoms with Crippen LogP contribution in [0.3, 0.4) is 0 Å². The van der Waals surface area contributed by atoms with Gasteiger partial charge < -0.3 is 20.3 Å². The number of carboxylic acids is 1. The number of carbonyl (C=O) groups is 3. The van der Waals surface area contributed by atoms with Gasteiger partial charge in [-0.2, -0.15) is 0 Å². The Hall–Kier alpha value is -3.10. The van der Waals surface area contributed by atoms with Gasteiger partial charge in [-0.1, -0.05) is 12.1 Å². The van der Waals surface area contributed by atoms with E-state index in [1.165, 1.54) is 18.4 Å². The zero-order valence-corrected chi connectivity index (χ0v) is 14.0. The number of aromatic amines is 1. The van der Waals surface area contributed by atoms with Gasteiger partial charge in [0.15, 0.2) is 0 Å². The van der Waals surface area contributed by atoms with Crippen molar-refractivity contribution in [2.75, 3.05) is 13.1 Å². The molecule has 2 amide bonds. The van der Waals surface area contributed by atoms with Gasteiger partial charge >= 0.3 is 11.7 Å². The molecule has 0 saturated carbocycles. The van der Waals surface area contributed by atoms with Crippen LogP contribution in [0.5, 0.6) is 0 Å². The van der Waals surface area contributed by atoms with Crippen molar-refractivity contribution in [3.05, 3.63) is 34.7 Å². The number of amides is 2. The van der Waals surface area contributed by atoms with Crippen molar-refractivity contribution in [2.45, 2.75) is 26.4 Å². The third-order valence-electron chi connectivity index (χ3n) is 3.85. The van der Waals surface area contributed by atoms with Crippen LogP contribution in [0.25, 0.3) is 11.0 Å². The van der Waals surface area contributed by atoms with Crippen LogP contribution < -0.4 is 11.0 Å². The van der Waals surface area contributed by atoms with E-state index in [2.05, 4.69) is 10.3 Å². The van der Waals surface area contributed by atoms with E-state index in [0.29, 0.717) is 11.0 Å². The lowest BCUT2D eigenvalue weighted by molar-refractivity contribution is -0.149. The maximum Gasteiger partial charge on any atom is 0.326 e. The lowest BCUT2D eigenvalue weighted by Crippen LogP contribution is -2.48. The lowest BCUT2D eigenvalue weighted by atomic mass is 10.2. The van der Waals surface area contributed by atoms with E-state index in [9.17, 15) is 24.3 Å². The predicted octanol–water partition coefficient (Wildman–Crippen LogP) is -0.233. The van der Waals surface area contributed by atoms with Gasteiger partial charge in [-0.15, -0.1) is 0 Å². The van der Waals surface area contributed by atoms with Crippen LogP contribution in [0.15, 0.2) is 29.1 Å². The van der Waals surface area contributed by atoms with Crippen molar-refractivity contribution in [3.63, 3.8) is 0 Å². The minimum atomic E-state index is -1.16. The normalized spacial score (nSPS) is 11.9. The maximum atomic E-state index is 12.6. The number of benzene rings is 1. The number of hydrogen-bond acceptors (Lipinski definition) is 4. The Morgan fingerprint density at radius 2 is 2.00 bits per heavy atom. The fourth-order valence-corrected chi connectivity index (χ4v) is 2.51. The molecule has 1 aromatic carbocycles. The van der Waals surface area contributed by atoms with E-state index in [0.717, 1.165) is 4.90 Å². The summed E-state index contributed by atoms with van der Waals surface area (Å²) in [5.41, 5.74) is 0.710. The Bertz CT molecular complexity index is 854. The number of rotatable bonds is 7. The molecule has 0 saturated heterocycles. The number of aliphatic carboxylic acids is 1. The second-order valence-electron chi connectivity index (χ2n) is 5.62. The minimum absolute atomic E-state index is 0.0307. The Labute approximate surface area is 143 Å². The summed E-state index contributed by atoms with van der Waals surface area (Å²) in [4.78, 5) is 50.7. The molecule has 0 fully saturated rings. The van der Waals surface area contributed by atoms with Gasteiger partial charge in [0.05, 0.1) is 11.0 Å². The van der Waals surface area contributed by atoms with Crippen molar-refractivity contribution in [2.24, 2.45) is 0 Å². The summed E-state index contributed by atoms with van der Waals surface area (Å²) in [6, 6.07) is 5.83. The molecule has 0 bridgehead atoms. The fraction of sp³-hybridized carbons (Fsp3) is 0.375. The molecule has 0 spiro atoms. The van der Waals surface area contributed by atoms with Gasteiger partial charge in [-0.05, 0) is 19.1 Å². The van der Waals surface area contributed by atoms with E-state index >= 15 is 0 Å². The number of H-pyrrole nitrogens is 1. The van der Waals surface area contributed by atoms with E-state index in [1.54, 1.807) is 24.3 Å². The molecule has 1 unspecified atom stereocenters. The first-order valence-electron chi connectivity index (χ1n) is 7.75. The summed E-state index contributed by atoms with van der Waals surface area (Å²) < 4.78 is 1.26. The van der Waals surface area contributed by atoms with Crippen LogP contribution >= 0.6 is 0 Å². The topological polar surface area (TPSA) is 124 Å². The quantitative estimate of drug-likeness (QED) is 0.637. The molecule has 2 rings (SSSR count). The molecule has 3 N–H and O–H groups in total. The van der Waals surface area contributed by atoms with Crippen LogP contribution in [-0.4, -0.2) is 56.5 Å². The summed E-state index contributed by atoms with van der Waals surface area (Å²) in [6.45, 7) is 2.58. The predicted molar refractivity (Wildman–Crippen MR) is 90.1 cm³/mol. The molecule has 0 aliphatic rings. The highest BCUT2D eigenvalue weighted by molar-refractivity contribution is 5.85. The molecule has 1 heterocycles. The number of para-hydroxylation sites is 2. The molecule has 0 aliphatic carbocycles. The number of fused-ring (bicyclic) bond motifs is 1. The van der Waals surface area contributed by atoms with Gasteiger partial charge in [0.25, 0.3) is 0 Å². The summed E-state index contributed by atoms with van der Waals surface area (Å²) in [5, 5.41) is 11.7. The van der Waals surface area contributed by atoms with E-state index in [1.807, 2.05) is 0 Å². The molecule has 9 heteroatoms. The number of nitrogens with zero attached hydrogens (tertiary/aromatic N) is 2. The highest BCUT2D eigenvalue weighted by atomic mass is 16.4. The van der Waals surface area contributed by atoms with Crippen LogP contribution in [0.1, 0.15) is 13.8 Å². The van der Waals surface area contributed by atoms with Crippen LogP contribution in [0, 0.1) is 0 Å². The molecule has 1 atom stereocenters. The average molecular weight is 348 g/mol. The van der Waals surface area contributed by atoms with E-state index in [-0.39, 0.29) is 25.5 Å². The Morgan fingerprint density at radius 1 is 1.32 bits per heavy atom. The third-order valence-corrected chi connectivity index (χ3v) is 3.85. The molecule has 0 aliphatic heterocycles. The standard InChI is InChI=1S/C16H20N4O5/c1-10(15(23)24)19(8-7-17-11(2)21)14(22)9-20-13-6-4-3-5-12(13)18-16(20)25/h3-6,10H,7-9H2,1-2H3,(H,17,21)(H,18,25)(H,23,24). The first-order valence-corrected chi connectivity index (χ1v) is 7.75. The SMILES string of the molecule is CC(=O)NCCN(C(=O)Cn1c(=O)[nH]c2ccccc21)C(C)C(=O)O. The number of aromatic nitrogens is 2. The van der Waals surface area contributed by atoms with Gasteiger partial charge in [0.2, 0.25) is 11.8 Å². The first kappa shape index (κ1) is 18.2. The van der Waals surface area contributed by atoms with Crippen molar-refractivity contribution < 1.29 is 19.5 Å². The Morgan fingerprint density at radius 3 is 2.64 bits per heavy atom. The van der Waals surface area contributed by atoms with Crippen LogP contribution in [-0.2, 0) is 20.9 Å². The summed E-state index contributed by atoms with van der Waals surface area (Å²) in [7, 11) is 0. The summed E-state index contributed by atoms with van der Waals surface area (Å²) in [6.07, 6.45) is 0. The maximum absolute atomic E-state index is 12.6. The summed E-state index contributed by atoms with van der Waals surface area (Å²) in [5.74, 6) is -1.96. The Kier molecular flexibility index (Phi) is 5.58. The van der Waals surface area contributed by atoms with Crippen molar-refractivity contribution in [3.8, 4) is 0 Å². The van der Waals surface area contributed by atoms with Gasteiger partial charge in [-0.25, -0.2) is 9.59 Å². The molecule has 9 nitrogen and oxygen atoms in total. The molecular weight excluding hydrogens is 328 g/mol. The van der Waals surface area contributed by atoms with Crippen molar-refractivity contribution in [1.29, 1.82) is 0 Å². The molecular formula is C16H20N4O5. The molecule has 25 heavy (non-hydrogen) atoms. The molecule has 0 radical (unpaired) electrons. The van der Waals surface area contributed by atoms with Gasteiger partial charge in [0, 0.05) is 20.0 Å². The molecule has 134 valence electrons. The van der Waals surface area contributed by atoms with Crippen molar-refractivity contribution >= 4 is 28.8 Å². The molecule has 1 aromatic heterocycles. The fourth-order valence-electron chi connectivity index (χ4n) is 2.51. The number of carboxylic acid groups (broad SMARTS) is 1.